The zero-order valence-electron chi connectivity index (χ0n) is 10.4. The molecule has 0 aliphatic carbocycles. The van der Waals surface area contributed by atoms with Crippen molar-refractivity contribution in [2.75, 3.05) is 19.6 Å². The Bertz CT molecular complexity index is 387. The van der Waals surface area contributed by atoms with Gasteiger partial charge in [-0.3, -0.25) is 4.90 Å². The summed E-state index contributed by atoms with van der Waals surface area (Å²) in [4.78, 5) is 2.24. The quantitative estimate of drug-likeness (QED) is 0.892. The zero-order valence-corrected chi connectivity index (χ0v) is 10.4. The molecule has 2 rings (SSSR count). The molecule has 1 saturated heterocycles. The molecule has 0 unspecified atom stereocenters. The highest BCUT2D eigenvalue weighted by atomic mass is 19.3. The van der Waals surface area contributed by atoms with Crippen molar-refractivity contribution in [2.24, 2.45) is 0 Å². The molecule has 1 N–H and O–H groups in total. The monoisotopic (exact) mass is 256 g/mol. The second-order valence-electron chi connectivity index (χ2n) is 4.58. The second-order valence-corrected chi connectivity index (χ2v) is 4.58. The first-order chi connectivity index (χ1) is 8.65. The van der Waals surface area contributed by atoms with E-state index in [0.29, 0.717) is 12.6 Å². The van der Waals surface area contributed by atoms with Crippen molar-refractivity contribution in [1.82, 2.24) is 10.2 Å². The largest absolute Gasteiger partial charge is 0.434 e. The third-order valence-electron chi connectivity index (χ3n) is 3.04. The van der Waals surface area contributed by atoms with Crippen LogP contribution in [-0.4, -0.2) is 37.2 Å². The van der Waals surface area contributed by atoms with E-state index < -0.39 is 6.61 Å². The first kappa shape index (κ1) is 13.2. The van der Waals surface area contributed by atoms with Gasteiger partial charge in [0.05, 0.1) is 0 Å². The first-order valence-electron chi connectivity index (χ1n) is 6.13. The summed E-state index contributed by atoms with van der Waals surface area (Å²) in [5.74, 6) is 0.277. The van der Waals surface area contributed by atoms with Crippen molar-refractivity contribution in [2.45, 2.75) is 26.1 Å². The van der Waals surface area contributed by atoms with Crippen LogP contribution in [0.4, 0.5) is 8.78 Å². The third kappa shape index (κ3) is 3.65. The van der Waals surface area contributed by atoms with Crippen molar-refractivity contribution >= 4 is 0 Å². The molecule has 100 valence electrons. The van der Waals surface area contributed by atoms with Gasteiger partial charge < -0.3 is 10.1 Å². The minimum Gasteiger partial charge on any atom is -0.434 e. The number of piperazine rings is 1. The molecule has 1 aromatic rings. The molecule has 1 aliphatic heterocycles. The molecule has 1 heterocycles. The van der Waals surface area contributed by atoms with E-state index in [0.717, 1.165) is 25.2 Å². The maximum absolute atomic E-state index is 12.3. The number of hydrogen-bond acceptors (Lipinski definition) is 3. The predicted octanol–water partition coefficient (Wildman–Crippen LogP) is 2.08. The summed E-state index contributed by atoms with van der Waals surface area (Å²) in [6.45, 7) is 2.77. The summed E-state index contributed by atoms with van der Waals surface area (Å²) in [5.41, 5.74) is 0.812. The molecule has 0 bridgehead atoms. The maximum Gasteiger partial charge on any atom is 0.387 e. The molecule has 1 aromatic carbocycles. The minimum absolute atomic E-state index is 0.277. The van der Waals surface area contributed by atoms with E-state index >= 15 is 0 Å². The molecule has 0 aromatic heterocycles. The van der Waals surface area contributed by atoms with Gasteiger partial charge in [-0.1, -0.05) is 18.2 Å². The third-order valence-corrected chi connectivity index (χ3v) is 3.04. The SMILES string of the molecule is C[C@H]1CN(Cc2ccccc2OC(F)F)CCN1. The van der Waals surface area contributed by atoms with Crippen LogP contribution in [0.5, 0.6) is 5.75 Å². The highest BCUT2D eigenvalue weighted by Gasteiger charge is 2.17. The Kier molecular flexibility index (Phi) is 4.49. The summed E-state index contributed by atoms with van der Waals surface area (Å²) in [6, 6.07) is 7.42. The van der Waals surface area contributed by atoms with Crippen molar-refractivity contribution < 1.29 is 13.5 Å². The number of rotatable bonds is 4. The lowest BCUT2D eigenvalue weighted by molar-refractivity contribution is -0.0508. The molecule has 1 atom stereocenters. The number of ether oxygens (including phenoxy) is 1. The summed E-state index contributed by atoms with van der Waals surface area (Å²) in [5, 5.41) is 3.35. The number of nitrogens with zero attached hydrogens (tertiary/aromatic N) is 1. The van der Waals surface area contributed by atoms with Gasteiger partial charge in [0.1, 0.15) is 5.75 Å². The van der Waals surface area contributed by atoms with Gasteiger partial charge >= 0.3 is 6.61 Å². The van der Waals surface area contributed by atoms with Gasteiger partial charge in [-0.2, -0.15) is 8.78 Å². The number of para-hydroxylation sites is 1. The van der Waals surface area contributed by atoms with Crippen LogP contribution in [0.15, 0.2) is 24.3 Å². The number of hydrogen-bond donors (Lipinski definition) is 1. The fourth-order valence-corrected chi connectivity index (χ4v) is 2.24. The number of nitrogens with one attached hydrogen (secondary N) is 1. The highest BCUT2D eigenvalue weighted by Crippen LogP contribution is 2.22. The summed E-state index contributed by atoms with van der Waals surface area (Å²) in [6.07, 6.45) is 0. The molecular formula is C13H18F2N2O. The van der Waals surface area contributed by atoms with Crippen LogP contribution in [0.3, 0.4) is 0 Å². The summed E-state index contributed by atoms with van der Waals surface area (Å²) < 4.78 is 29.1. The van der Waals surface area contributed by atoms with Crippen LogP contribution >= 0.6 is 0 Å². The average Bonchev–Trinajstić information content (AvgIpc) is 2.31. The molecule has 1 fully saturated rings. The fourth-order valence-electron chi connectivity index (χ4n) is 2.24. The lowest BCUT2D eigenvalue weighted by Gasteiger charge is -2.32. The normalized spacial score (nSPS) is 21.2. The number of alkyl halides is 2. The molecule has 0 radical (unpaired) electrons. The van der Waals surface area contributed by atoms with Gasteiger partial charge in [0.25, 0.3) is 0 Å². The van der Waals surface area contributed by atoms with E-state index in [1.807, 2.05) is 12.1 Å². The minimum atomic E-state index is -2.77. The molecule has 18 heavy (non-hydrogen) atoms. The first-order valence-corrected chi connectivity index (χ1v) is 6.13. The van der Waals surface area contributed by atoms with Crippen molar-refractivity contribution in [1.29, 1.82) is 0 Å². The Labute approximate surface area is 106 Å². The lowest BCUT2D eigenvalue weighted by Crippen LogP contribution is -2.48. The van der Waals surface area contributed by atoms with Crippen LogP contribution < -0.4 is 10.1 Å². The van der Waals surface area contributed by atoms with Crippen LogP contribution in [0, 0.1) is 0 Å². The van der Waals surface area contributed by atoms with Gasteiger partial charge in [-0.05, 0) is 13.0 Å². The Morgan fingerprint density at radius 1 is 1.44 bits per heavy atom. The smallest absolute Gasteiger partial charge is 0.387 e. The number of halogens is 2. The maximum atomic E-state index is 12.3. The summed E-state index contributed by atoms with van der Waals surface area (Å²) in [7, 11) is 0. The van der Waals surface area contributed by atoms with Crippen molar-refractivity contribution in [3.05, 3.63) is 29.8 Å². The van der Waals surface area contributed by atoms with Gasteiger partial charge in [-0.25, -0.2) is 0 Å². The summed E-state index contributed by atoms with van der Waals surface area (Å²) >= 11 is 0. The van der Waals surface area contributed by atoms with Crippen LogP contribution in [-0.2, 0) is 6.54 Å². The van der Waals surface area contributed by atoms with Gasteiger partial charge in [-0.15, -0.1) is 0 Å². The zero-order chi connectivity index (χ0) is 13.0. The van der Waals surface area contributed by atoms with Gasteiger partial charge in [0.15, 0.2) is 0 Å². The van der Waals surface area contributed by atoms with E-state index in [-0.39, 0.29) is 5.75 Å². The molecule has 5 heteroatoms. The standard InChI is InChI=1S/C13H18F2N2O/c1-10-8-17(7-6-16-10)9-11-4-2-3-5-12(11)18-13(14)15/h2-5,10,13,16H,6-9H2,1H3/t10-/m0/s1. The molecule has 1 aliphatic rings. The Balaban J connectivity index is 2.03. The molecule has 0 amide bonds. The van der Waals surface area contributed by atoms with E-state index in [4.69, 9.17) is 0 Å². The topological polar surface area (TPSA) is 24.5 Å². The van der Waals surface area contributed by atoms with E-state index in [9.17, 15) is 8.78 Å². The van der Waals surface area contributed by atoms with Gasteiger partial charge in [0, 0.05) is 37.8 Å². The molecular weight excluding hydrogens is 238 g/mol. The van der Waals surface area contributed by atoms with E-state index in [1.54, 1.807) is 12.1 Å². The Hall–Kier alpha value is -1.20. The second kappa shape index (κ2) is 6.11. The Morgan fingerprint density at radius 2 is 2.22 bits per heavy atom. The Morgan fingerprint density at radius 3 is 2.94 bits per heavy atom. The predicted molar refractivity (Wildman–Crippen MR) is 65.8 cm³/mol. The van der Waals surface area contributed by atoms with E-state index in [2.05, 4.69) is 21.9 Å². The van der Waals surface area contributed by atoms with Gasteiger partial charge in [0.2, 0.25) is 0 Å². The average molecular weight is 256 g/mol. The number of benzene rings is 1. The van der Waals surface area contributed by atoms with Crippen LogP contribution in [0.25, 0.3) is 0 Å². The lowest BCUT2D eigenvalue weighted by atomic mass is 10.1. The van der Waals surface area contributed by atoms with E-state index in [1.165, 1.54) is 0 Å². The van der Waals surface area contributed by atoms with Crippen LogP contribution in [0.2, 0.25) is 0 Å². The van der Waals surface area contributed by atoms with Crippen LogP contribution in [0.1, 0.15) is 12.5 Å². The molecule has 0 spiro atoms. The highest BCUT2D eigenvalue weighted by molar-refractivity contribution is 5.33. The van der Waals surface area contributed by atoms with Crippen molar-refractivity contribution in [3.8, 4) is 5.75 Å². The fraction of sp³-hybridized carbons (Fsp3) is 0.538. The molecule has 3 nitrogen and oxygen atoms in total. The molecule has 0 saturated carbocycles. The van der Waals surface area contributed by atoms with Crippen molar-refractivity contribution in [3.63, 3.8) is 0 Å².